The van der Waals surface area contributed by atoms with Crippen LogP contribution in [0.2, 0.25) is 0 Å². The molecule has 1 aromatic heterocycles. The van der Waals surface area contributed by atoms with Crippen molar-refractivity contribution in [3.05, 3.63) is 47.0 Å². The first-order chi connectivity index (χ1) is 10.0. The summed E-state index contributed by atoms with van der Waals surface area (Å²) >= 11 is 0. The van der Waals surface area contributed by atoms with E-state index in [4.69, 9.17) is 4.74 Å². The first kappa shape index (κ1) is 15.5. The van der Waals surface area contributed by atoms with E-state index in [0.29, 0.717) is 12.4 Å². The molecule has 5 heteroatoms. The van der Waals surface area contributed by atoms with Gasteiger partial charge in [-0.25, -0.2) is 4.39 Å². The molecule has 1 aromatic carbocycles. The second-order valence-electron chi connectivity index (χ2n) is 5.09. The van der Waals surface area contributed by atoms with Crippen LogP contribution in [0.1, 0.15) is 36.8 Å². The molecule has 1 atom stereocenters. The summed E-state index contributed by atoms with van der Waals surface area (Å²) in [7, 11) is 3.74. The molecule has 0 aliphatic carbocycles. The summed E-state index contributed by atoms with van der Waals surface area (Å²) < 4.78 is 21.1. The maximum atomic E-state index is 13.4. The van der Waals surface area contributed by atoms with E-state index < -0.39 is 0 Å². The fourth-order valence-electron chi connectivity index (χ4n) is 2.18. The van der Waals surface area contributed by atoms with Crippen LogP contribution in [-0.2, 0) is 20.1 Å². The first-order valence-corrected chi connectivity index (χ1v) is 7.16. The highest BCUT2D eigenvalue weighted by Crippen LogP contribution is 2.26. The topological polar surface area (TPSA) is 39.1 Å². The second kappa shape index (κ2) is 6.72. The highest BCUT2D eigenvalue weighted by atomic mass is 19.1. The highest BCUT2D eigenvalue weighted by Gasteiger charge is 2.12. The molecule has 0 bridgehead atoms. The van der Waals surface area contributed by atoms with E-state index in [2.05, 4.69) is 17.3 Å². The molecule has 0 amide bonds. The second-order valence-corrected chi connectivity index (χ2v) is 5.09. The van der Waals surface area contributed by atoms with Gasteiger partial charge in [0.1, 0.15) is 18.2 Å². The number of hydrogen-bond donors (Lipinski definition) is 1. The van der Waals surface area contributed by atoms with E-state index in [1.807, 2.05) is 31.8 Å². The fourth-order valence-corrected chi connectivity index (χ4v) is 2.18. The molecule has 1 heterocycles. The third kappa shape index (κ3) is 3.61. The van der Waals surface area contributed by atoms with Crippen molar-refractivity contribution in [2.45, 2.75) is 32.9 Å². The van der Waals surface area contributed by atoms with Gasteiger partial charge < -0.3 is 10.1 Å². The normalized spacial score (nSPS) is 12.4. The molecule has 0 aliphatic heterocycles. The standard InChI is InChI=1S/C16H22FN3O/c1-5-13-9-14(20(4)19-13)10-21-16-7-6-12(17)8-15(16)11(2)18-3/h6-9,11,18H,5,10H2,1-4H3. The Balaban J connectivity index is 2.17. The average molecular weight is 291 g/mol. The van der Waals surface area contributed by atoms with Crippen molar-refractivity contribution in [3.63, 3.8) is 0 Å². The third-order valence-electron chi connectivity index (χ3n) is 3.64. The van der Waals surface area contributed by atoms with Crippen LogP contribution in [0.15, 0.2) is 24.3 Å². The lowest BCUT2D eigenvalue weighted by Crippen LogP contribution is -2.14. The summed E-state index contributed by atoms with van der Waals surface area (Å²) in [4.78, 5) is 0. The Morgan fingerprint density at radius 2 is 2.14 bits per heavy atom. The lowest BCUT2D eigenvalue weighted by molar-refractivity contribution is 0.289. The minimum absolute atomic E-state index is 0.0217. The van der Waals surface area contributed by atoms with Gasteiger partial charge in [-0.15, -0.1) is 0 Å². The van der Waals surface area contributed by atoms with E-state index in [9.17, 15) is 4.39 Å². The number of aryl methyl sites for hydroxylation is 2. The lowest BCUT2D eigenvalue weighted by atomic mass is 10.1. The number of rotatable bonds is 6. The summed E-state index contributed by atoms with van der Waals surface area (Å²) in [5.41, 5.74) is 2.86. The smallest absolute Gasteiger partial charge is 0.130 e. The van der Waals surface area contributed by atoms with Crippen molar-refractivity contribution in [2.75, 3.05) is 7.05 Å². The van der Waals surface area contributed by atoms with Crippen LogP contribution in [0.5, 0.6) is 5.75 Å². The van der Waals surface area contributed by atoms with Gasteiger partial charge in [-0.05, 0) is 44.7 Å². The first-order valence-electron chi connectivity index (χ1n) is 7.16. The molecule has 114 valence electrons. The van der Waals surface area contributed by atoms with Crippen molar-refractivity contribution >= 4 is 0 Å². The predicted octanol–water partition coefficient (Wildman–Crippen LogP) is 2.98. The Kier molecular flexibility index (Phi) is 4.96. The number of nitrogens with zero attached hydrogens (tertiary/aromatic N) is 2. The van der Waals surface area contributed by atoms with Gasteiger partial charge in [-0.2, -0.15) is 5.10 Å². The number of halogens is 1. The zero-order valence-electron chi connectivity index (χ0n) is 13.0. The van der Waals surface area contributed by atoms with Crippen molar-refractivity contribution in [1.29, 1.82) is 0 Å². The molecule has 0 saturated heterocycles. The van der Waals surface area contributed by atoms with Crippen LogP contribution in [0.25, 0.3) is 0 Å². The van der Waals surface area contributed by atoms with E-state index in [-0.39, 0.29) is 11.9 Å². The number of ether oxygens (including phenoxy) is 1. The van der Waals surface area contributed by atoms with Gasteiger partial charge in [0.2, 0.25) is 0 Å². The van der Waals surface area contributed by atoms with Gasteiger partial charge in [0.05, 0.1) is 11.4 Å². The quantitative estimate of drug-likeness (QED) is 0.889. The minimum Gasteiger partial charge on any atom is -0.487 e. The van der Waals surface area contributed by atoms with Crippen molar-refractivity contribution in [1.82, 2.24) is 15.1 Å². The Labute approximate surface area is 124 Å². The van der Waals surface area contributed by atoms with Gasteiger partial charge in [0.25, 0.3) is 0 Å². The van der Waals surface area contributed by atoms with E-state index >= 15 is 0 Å². The Bertz CT molecular complexity index is 610. The Morgan fingerprint density at radius 1 is 1.38 bits per heavy atom. The molecule has 4 nitrogen and oxygen atoms in total. The van der Waals surface area contributed by atoms with Gasteiger partial charge in [0, 0.05) is 18.7 Å². The van der Waals surface area contributed by atoms with Crippen LogP contribution in [-0.4, -0.2) is 16.8 Å². The molecular formula is C16H22FN3O. The summed E-state index contributed by atoms with van der Waals surface area (Å²) in [6.45, 7) is 4.46. The Morgan fingerprint density at radius 3 is 2.76 bits per heavy atom. The van der Waals surface area contributed by atoms with Crippen LogP contribution in [0.4, 0.5) is 4.39 Å². The molecule has 2 aromatic rings. The molecule has 21 heavy (non-hydrogen) atoms. The molecule has 0 radical (unpaired) electrons. The van der Waals surface area contributed by atoms with E-state index in [1.165, 1.54) is 12.1 Å². The molecule has 0 aliphatic rings. The summed E-state index contributed by atoms with van der Waals surface area (Å²) in [6, 6.07) is 6.66. The van der Waals surface area contributed by atoms with Gasteiger partial charge in [-0.3, -0.25) is 4.68 Å². The van der Waals surface area contributed by atoms with Crippen LogP contribution >= 0.6 is 0 Å². The number of benzene rings is 1. The monoisotopic (exact) mass is 291 g/mol. The Hall–Kier alpha value is -1.88. The average Bonchev–Trinajstić information content (AvgIpc) is 2.85. The van der Waals surface area contributed by atoms with Crippen LogP contribution in [0, 0.1) is 5.82 Å². The third-order valence-corrected chi connectivity index (χ3v) is 3.64. The molecule has 0 saturated carbocycles. The minimum atomic E-state index is -0.256. The zero-order chi connectivity index (χ0) is 15.4. The predicted molar refractivity (Wildman–Crippen MR) is 80.8 cm³/mol. The van der Waals surface area contributed by atoms with Crippen molar-refractivity contribution in [3.8, 4) is 5.75 Å². The number of aromatic nitrogens is 2. The summed E-state index contributed by atoms with van der Waals surface area (Å²) in [5, 5.41) is 7.50. The molecule has 2 rings (SSSR count). The van der Waals surface area contributed by atoms with Crippen LogP contribution in [0.3, 0.4) is 0 Å². The van der Waals surface area contributed by atoms with Crippen LogP contribution < -0.4 is 10.1 Å². The number of hydrogen-bond acceptors (Lipinski definition) is 3. The largest absolute Gasteiger partial charge is 0.487 e. The molecule has 1 unspecified atom stereocenters. The SMILES string of the molecule is CCc1cc(COc2ccc(F)cc2C(C)NC)n(C)n1. The summed E-state index contributed by atoms with van der Waals surface area (Å²) in [6.07, 6.45) is 0.895. The van der Waals surface area contributed by atoms with E-state index in [1.54, 1.807) is 6.07 Å². The number of nitrogens with one attached hydrogen (secondary N) is 1. The molecule has 0 fully saturated rings. The zero-order valence-corrected chi connectivity index (χ0v) is 13.0. The maximum absolute atomic E-state index is 13.4. The molecular weight excluding hydrogens is 269 g/mol. The highest BCUT2D eigenvalue weighted by molar-refractivity contribution is 5.36. The fraction of sp³-hybridized carbons (Fsp3) is 0.438. The van der Waals surface area contributed by atoms with Crippen molar-refractivity contribution in [2.24, 2.45) is 7.05 Å². The summed E-state index contributed by atoms with van der Waals surface area (Å²) in [5.74, 6) is 0.436. The maximum Gasteiger partial charge on any atom is 0.130 e. The lowest BCUT2D eigenvalue weighted by Gasteiger charge is -2.16. The van der Waals surface area contributed by atoms with Gasteiger partial charge in [0.15, 0.2) is 0 Å². The molecule has 0 spiro atoms. The van der Waals surface area contributed by atoms with Gasteiger partial charge in [-0.1, -0.05) is 6.92 Å². The van der Waals surface area contributed by atoms with E-state index in [0.717, 1.165) is 23.4 Å². The van der Waals surface area contributed by atoms with Gasteiger partial charge >= 0.3 is 0 Å². The van der Waals surface area contributed by atoms with Crippen molar-refractivity contribution < 1.29 is 9.13 Å². The molecule has 1 N–H and O–H groups in total.